The third-order valence-electron chi connectivity index (χ3n) is 3.07. The first-order valence-corrected chi connectivity index (χ1v) is 6.74. The minimum atomic E-state index is -0.941. The minimum absolute atomic E-state index is 0.216. The van der Waals surface area contributed by atoms with E-state index in [1.54, 1.807) is 13.0 Å². The van der Waals surface area contributed by atoms with Crippen molar-refractivity contribution < 1.29 is 14.7 Å². The molecule has 0 atom stereocenters. The Balaban J connectivity index is 2.41. The first-order chi connectivity index (χ1) is 8.97. The van der Waals surface area contributed by atoms with E-state index in [2.05, 4.69) is 15.9 Å². The number of nitrogens with zero attached hydrogens (tertiary/aromatic N) is 1. The molecular formula is C14H14BrNO3. The standard InChI is InChI=1S/C14H14BrNO3/c1-9(14(18)19)6-10-7-11(15)2-3-13(10)16-5-4-12(17)8-16/h2-3,6-7H,4-5,8H2,1H3,(H,18,19)/b9-6+. The third-order valence-corrected chi connectivity index (χ3v) is 3.56. The lowest BCUT2D eigenvalue weighted by atomic mass is 10.1. The van der Waals surface area contributed by atoms with Gasteiger partial charge in [-0.3, -0.25) is 4.79 Å². The average molecular weight is 324 g/mol. The summed E-state index contributed by atoms with van der Waals surface area (Å²) in [6, 6.07) is 5.67. The van der Waals surface area contributed by atoms with Gasteiger partial charge >= 0.3 is 5.97 Å². The zero-order valence-electron chi connectivity index (χ0n) is 10.5. The molecule has 5 heteroatoms. The van der Waals surface area contributed by atoms with Crippen molar-refractivity contribution in [1.29, 1.82) is 0 Å². The van der Waals surface area contributed by atoms with Gasteiger partial charge in [0.1, 0.15) is 0 Å². The van der Waals surface area contributed by atoms with Crippen LogP contribution in [0.5, 0.6) is 0 Å². The number of ketones is 1. The Bertz CT molecular complexity index is 566. The lowest BCUT2D eigenvalue weighted by molar-refractivity contribution is -0.132. The monoisotopic (exact) mass is 323 g/mol. The minimum Gasteiger partial charge on any atom is -0.478 e. The van der Waals surface area contributed by atoms with E-state index in [4.69, 9.17) is 5.11 Å². The lowest BCUT2D eigenvalue weighted by Crippen LogP contribution is -2.20. The molecule has 1 aromatic carbocycles. The number of halogens is 1. The van der Waals surface area contributed by atoms with Crippen molar-refractivity contribution >= 4 is 39.4 Å². The van der Waals surface area contributed by atoms with Crippen LogP contribution in [-0.2, 0) is 9.59 Å². The van der Waals surface area contributed by atoms with E-state index in [1.807, 2.05) is 23.1 Å². The molecule has 1 saturated heterocycles. The van der Waals surface area contributed by atoms with Crippen LogP contribution in [0.3, 0.4) is 0 Å². The van der Waals surface area contributed by atoms with E-state index in [9.17, 15) is 9.59 Å². The molecule has 0 radical (unpaired) electrons. The summed E-state index contributed by atoms with van der Waals surface area (Å²) in [5.41, 5.74) is 1.98. The first kappa shape index (κ1) is 13.8. The van der Waals surface area contributed by atoms with Crippen molar-refractivity contribution in [1.82, 2.24) is 0 Å². The van der Waals surface area contributed by atoms with Crippen LogP contribution in [-0.4, -0.2) is 29.9 Å². The molecule has 0 bridgehead atoms. The SMILES string of the molecule is C/C(=C\c1cc(Br)ccc1N1CCC(=O)C1)C(=O)O. The molecule has 0 unspecified atom stereocenters. The van der Waals surface area contributed by atoms with Gasteiger partial charge in [-0.1, -0.05) is 15.9 Å². The molecule has 2 rings (SSSR count). The van der Waals surface area contributed by atoms with Crippen LogP contribution in [0.15, 0.2) is 28.2 Å². The Labute approximate surface area is 119 Å². The summed E-state index contributed by atoms with van der Waals surface area (Å²) in [7, 11) is 0. The van der Waals surface area contributed by atoms with Gasteiger partial charge in [0.05, 0.1) is 6.54 Å². The molecular weight excluding hydrogens is 310 g/mol. The molecule has 100 valence electrons. The predicted octanol–water partition coefficient (Wildman–Crippen LogP) is 2.72. The van der Waals surface area contributed by atoms with E-state index in [1.165, 1.54) is 0 Å². The summed E-state index contributed by atoms with van der Waals surface area (Å²) < 4.78 is 0.881. The second-order valence-corrected chi connectivity index (χ2v) is 5.46. The Hall–Kier alpha value is -1.62. The quantitative estimate of drug-likeness (QED) is 0.869. The fourth-order valence-corrected chi connectivity index (χ4v) is 2.44. The summed E-state index contributed by atoms with van der Waals surface area (Å²) in [5, 5.41) is 8.96. The molecule has 0 aromatic heterocycles. The van der Waals surface area contributed by atoms with E-state index >= 15 is 0 Å². The number of carbonyl (C=O) groups is 2. The van der Waals surface area contributed by atoms with Crippen molar-refractivity contribution in [3.63, 3.8) is 0 Å². The molecule has 1 N–H and O–H groups in total. The van der Waals surface area contributed by atoms with Gasteiger partial charge < -0.3 is 10.0 Å². The normalized spacial score (nSPS) is 16.0. The van der Waals surface area contributed by atoms with Crippen LogP contribution in [0, 0.1) is 0 Å². The summed E-state index contributed by atoms with van der Waals surface area (Å²) in [6.07, 6.45) is 2.18. The largest absolute Gasteiger partial charge is 0.478 e. The number of hydrogen-bond acceptors (Lipinski definition) is 3. The number of anilines is 1. The zero-order valence-corrected chi connectivity index (χ0v) is 12.1. The van der Waals surface area contributed by atoms with Crippen LogP contribution in [0.4, 0.5) is 5.69 Å². The first-order valence-electron chi connectivity index (χ1n) is 5.95. The number of aliphatic carboxylic acids is 1. The maximum Gasteiger partial charge on any atom is 0.331 e. The molecule has 1 aromatic rings. The predicted molar refractivity (Wildman–Crippen MR) is 77.3 cm³/mol. The van der Waals surface area contributed by atoms with Gasteiger partial charge in [0.25, 0.3) is 0 Å². The zero-order chi connectivity index (χ0) is 14.0. The Morgan fingerprint density at radius 2 is 2.21 bits per heavy atom. The topological polar surface area (TPSA) is 57.6 Å². The van der Waals surface area contributed by atoms with E-state index in [0.29, 0.717) is 19.5 Å². The Morgan fingerprint density at radius 1 is 1.47 bits per heavy atom. The third kappa shape index (κ3) is 3.23. The van der Waals surface area contributed by atoms with Gasteiger partial charge in [0.15, 0.2) is 5.78 Å². The van der Waals surface area contributed by atoms with Gasteiger partial charge in [-0.05, 0) is 36.8 Å². The van der Waals surface area contributed by atoms with Crippen molar-refractivity contribution in [2.24, 2.45) is 0 Å². The summed E-state index contributed by atoms with van der Waals surface area (Å²) in [5.74, 6) is -0.726. The van der Waals surface area contributed by atoms with Crippen LogP contribution in [0.2, 0.25) is 0 Å². The average Bonchev–Trinajstić information content (AvgIpc) is 2.75. The van der Waals surface area contributed by atoms with Crippen LogP contribution >= 0.6 is 15.9 Å². The molecule has 19 heavy (non-hydrogen) atoms. The molecule has 1 heterocycles. The highest BCUT2D eigenvalue weighted by Crippen LogP contribution is 2.28. The Morgan fingerprint density at radius 3 is 2.79 bits per heavy atom. The fourth-order valence-electron chi connectivity index (χ4n) is 2.06. The van der Waals surface area contributed by atoms with Crippen LogP contribution in [0.25, 0.3) is 6.08 Å². The van der Waals surface area contributed by atoms with Gasteiger partial charge in [0, 0.05) is 28.7 Å². The van der Waals surface area contributed by atoms with Gasteiger partial charge in [-0.2, -0.15) is 0 Å². The second-order valence-electron chi connectivity index (χ2n) is 4.55. The number of carboxylic acids is 1. The summed E-state index contributed by atoms with van der Waals surface area (Å²) >= 11 is 3.38. The molecule has 0 spiro atoms. The number of carboxylic acid groups (broad SMARTS) is 1. The highest BCUT2D eigenvalue weighted by atomic mass is 79.9. The van der Waals surface area contributed by atoms with Gasteiger partial charge in [0.2, 0.25) is 0 Å². The number of Topliss-reactive ketones (excluding diaryl/α,β-unsaturated/α-hetero) is 1. The lowest BCUT2D eigenvalue weighted by Gasteiger charge is -2.19. The van der Waals surface area contributed by atoms with Crippen LogP contribution in [0.1, 0.15) is 18.9 Å². The molecule has 1 fully saturated rings. The van der Waals surface area contributed by atoms with Crippen molar-refractivity contribution in [2.45, 2.75) is 13.3 Å². The Kier molecular flexibility index (Phi) is 4.04. The van der Waals surface area contributed by atoms with Crippen molar-refractivity contribution in [2.75, 3.05) is 18.0 Å². The van der Waals surface area contributed by atoms with E-state index in [0.717, 1.165) is 15.7 Å². The van der Waals surface area contributed by atoms with Crippen LogP contribution < -0.4 is 4.90 Å². The molecule has 0 aliphatic carbocycles. The maximum atomic E-state index is 11.4. The molecule has 1 aliphatic rings. The molecule has 0 saturated carbocycles. The number of carbonyl (C=O) groups excluding carboxylic acids is 1. The molecule has 1 aliphatic heterocycles. The van der Waals surface area contributed by atoms with Gasteiger partial charge in [-0.25, -0.2) is 4.79 Å². The second kappa shape index (κ2) is 5.57. The van der Waals surface area contributed by atoms with Crippen molar-refractivity contribution in [3.8, 4) is 0 Å². The molecule has 0 amide bonds. The molecule has 4 nitrogen and oxygen atoms in total. The summed E-state index contributed by atoms with van der Waals surface area (Å²) in [6.45, 7) is 2.64. The van der Waals surface area contributed by atoms with E-state index in [-0.39, 0.29) is 11.4 Å². The van der Waals surface area contributed by atoms with Crippen molar-refractivity contribution in [3.05, 3.63) is 33.8 Å². The highest BCUT2D eigenvalue weighted by Gasteiger charge is 2.21. The fraction of sp³-hybridized carbons (Fsp3) is 0.286. The number of hydrogen-bond donors (Lipinski definition) is 1. The highest BCUT2D eigenvalue weighted by molar-refractivity contribution is 9.10. The van der Waals surface area contributed by atoms with E-state index < -0.39 is 5.97 Å². The summed E-state index contributed by atoms with van der Waals surface area (Å²) in [4.78, 5) is 24.3. The maximum absolute atomic E-state index is 11.4. The number of rotatable bonds is 3. The number of benzene rings is 1. The smallest absolute Gasteiger partial charge is 0.331 e. The van der Waals surface area contributed by atoms with Gasteiger partial charge in [-0.15, -0.1) is 0 Å².